The molecule has 3 N–H and O–H groups in total. The van der Waals surface area contributed by atoms with E-state index >= 15 is 0 Å². The third-order valence-electron chi connectivity index (χ3n) is 5.02. The van der Waals surface area contributed by atoms with Gasteiger partial charge in [0, 0.05) is 19.6 Å². The topological polar surface area (TPSA) is 113 Å². The van der Waals surface area contributed by atoms with E-state index < -0.39 is 12.0 Å². The van der Waals surface area contributed by atoms with Crippen molar-refractivity contribution in [3.05, 3.63) is 12.7 Å². The summed E-state index contributed by atoms with van der Waals surface area (Å²) in [5.41, 5.74) is 7.11. The molecule has 10 nitrogen and oxygen atoms in total. The first-order valence-corrected chi connectivity index (χ1v) is 9.17. The maximum Gasteiger partial charge on any atom is 0.167 e. The van der Waals surface area contributed by atoms with Crippen LogP contribution >= 0.6 is 0 Å². The number of ether oxygens (including phenoxy) is 3. The van der Waals surface area contributed by atoms with E-state index in [-0.39, 0.29) is 18.3 Å². The number of aromatic nitrogens is 4. The minimum absolute atomic E-state index is 0.125. The molecule has 2 saturated heterocycles. The normalized spacial score (nSPS) is 29.7. The van der Waals surface area contributed by atoms with Gasteiger partial charge in [-0.05, 0) is 27.9 Å². The Bertz CT molecular complexity index is 811. The van der Waals surface area contributed by atoms with Gasteiger partial charge in [-0.1, -0.05) is 0 Å². The second-order valence-electron chi connectivity index (χ2n) is 7.58. The summed E-state index contributed by atoms with van der Waals surface area (Å²) >= 11 is 0. The highest BCUT2D eigenvalue weighted by Gasteiger charge is 2.56. The van der Waals surface area contributed by atoms with Gasteiger partial charge in [0.15, 0.2) is 23.5 Å². The Morgan fingerprint density at radius 3 is 2.81 bits per heavy atom. The van der Waals surface area contributed by atoms with Crippen molar-refractivity contribution in [3.8, 4) is 0 Å². The standard InChI is InChI=1S/C17H27N7O3/c1-17(2)26-12-10(7-23(4)6-5-19-3)25-16(13(12)27-17)24-9-22-11-14(18)20-8-21-15(11)24/h8-10,12-13,16,19H,5-7H2,1-4H3,(H2,18,20,21)/t10-,12-,13-,16?/m1/s1. The number of anilines is 1. The molecule has 4 atom stereocenters. The molecule has 2 aliphatic rings. The molecule has 10 heteroatoms. The average Bonchev–Trinajstić information content (AvgIpc) is 3.26. The van der Waals surface area contributed by atoms with Gasteiger partial charge in [-0.15, -0.1) is 0 Å². The molecule has 4 rings (SSSR count). The van der Waals surface area contributed by atoms with Crippen LogP contribution in [0, 0.1) is 0 Å². The number of fused-ring (bicyclic) bond motifs is 2. The average molecular weight is 377 g/mol. The Morgan fingerprint density at radius 2 is 2.04 bits per heavy atom. The molecule has 2 fully saturated rings. The van der Waals surface area contributed by atoms with E-state index in [1.165, 1.54) is 6.33 Å². The Balaban J connectivity index is 1.62. The van der Waals surface area contributed by atoms with Gasteiger partial charge >= 0.3 is 0 Å². The maximum atomic E-state index is 6.37. The van der Waals surface area contributed by atoms with Crippen LogP contribution in [0.5, 0.6) is 0 Å². The fourth-order valence-corrected chi connectivity index (χ4v) is 3.79. The fourth-order valence-electron chi connectivity index (χ4n) is 3.79. The van der Waals surface area contributed by atoms with E-state index in [4.69, 9.17) is 19.9 Å². The third kappa shape index (κ3) is 3.39. The van der Waals surface area contributed by atoms with E-state index in [9.17, 15) is 0 Å². The van der Waals surface area contributed by atoms with Crippen molar-refractivity contribution in [3.63, 3.8) is 0 Å². The number of likely N-dealkylation sites (N-methyl/N-ethyl adjacent to an activating group) is 2. The molecule has 0 amide bonds. The maximum absolute atomic E-state index is 6.37. The Hall–Kier alpha value is -1.85. The summed E-state index contributed by atoms with van der Waals surface area (Å²) in [5.74, 6) is -0.315. The summed E-state index contributed by atoms with van der Waals surface area (Å²) < 4.78 is 20.6. The number of hydrogen-bond acceptors (Lipinski definition) is 9. The number of nitrogens with zero attached hydrogens (tertiary/aromatic N) is 5. The SMILES string of the molecule is CNCCN(C)C[C@H]1OC(n2cnc3c(N)ncnc32)[C@@H]2OC(C)(C)O[C@H]12. The van der Waals surface area contributed by atoms with Gasteiger partial charge in [-0.3, -0.25) is 4.57 Å². The smallest absolute Gasteiger partial charge is 0.167 e. The lowest BCUT2D eigenvalue weighted by Gasteiger charge is -2.27. The zero-order valence-corrected chi connectivity index (χ0v) is 16.1. The summed E-state index contributed by atoms with van der Waals surface area (Å²) in [4.78, 5) is 14.9. The number of imidazole rings is 1. The second-order valence-corrected chi connectivity index (χ2v) is 7.58. The van der Waals surface area contributed by atoms with Crippen molar-refractivity contribution in [2.24, 2.45) is 0 Å². The minimum Gasteiger partial charge on any atom is -0.382 e. The Labute approximate surface area is 158 Å². The molecule has 0 spiro atoms. The first-order chi connectivity index (χ1) is 12.9. The number of nitrogens with one attached hydrogen (secondary N) is 1. The van der Waals surface area contributed by atoms with Crippen molar-refractivity contribution < 1.29 is 14.2 Å². The molecule has 0 saturated carbocycles. The summed E-state index contributed by atoms with van der Waals surface area (Å²) in [5, 5.41) is 3.16. The molecule has 1 unspecified atom stereocenters. The van der Waals surface area contributed by atoms with Gasteiger partial charge in [-0.2, -0.15) is 0 Å². The van der Waals surface area contributed by atoms with E-state index in [0.717, 1.165) is 19.6 Å². The van der Waals surface area contributed by atoms with Crippen LogP contribution in [0.2, 0.25) is 0 Å². The van der Waals surface area contributed by atoms with Crippen LogP contribution in [-0.2, 0) is 14.2 Å². The quantitative estimate of drug-likeness (QED) is 0.717. The van der Waals surface area contributed by atoms with Crippen molar-refractivity contribution in [2.45, 2.75) is 44.2 Å². The molecular formula is C17H27N7O3. The lowest BCUT2D eigenvalue weighted by Crippen LogP contribution is -2.40. The number of nitrogens with two attached hydrogens (primary N) is 1. The predicted molar refractivity (Wildman–Crippen MR) is 98.9 cm³/mol. The third-order valence-corrected chi connectivity index (χ3v) is 5.02. The van der Waals surface area contributed by atoms with Crippen LogP contribution in [0.3, 0.4) is 0 Å². The van der Waals surface area contributed by atoms with Gasteiger partial charge in [0.2, 0.25) is 0 Å². The van der Waals surface area contributed by atoms with E-state index in [1.807, 2.05) is 25.5 Å². The van der Waals surface area contributed by atoms with Crippen LogP contribution in [0.1, 0.15) is 20.1 Å². The largest absolute Gasteiger partial charge is 0.382 e. The molecule has 2 aromatic rings. The van der Waals surface area contributed by atoms with Gasteiger partial charge in [0.05, 0.1) is 6.33 Å². The minimum atomic E-state index is -0.663. The Morgan fingerprint density at radius 1 is 1.26 bits per heavy atom. The summed E-state index contributed by atoms with van der Waals surface area (Å²) in [6, 6.07) is 0. The zero-order valence-electron chi connectivity index (χ0n) is 16.1. The highest BCUT2D eigenvalue weighted by molar-refractivity contribution is 5.81. The lowest BCUT2D eigenvalue weighted by molar-refractivity contribution is -0.197. The van der Waals surface area contributed by atoms with Crippen molar-refractivity contribution in [1.82, 2.24) is 29.7 Å². The first-order valence-electron chi connectivity index (χ1n) is 9.17. The molecule has 2 aliphatic heterocycles. The highest BCUT2D eigenvalue weighted by atomic mass is 16.8. The van der Waals surface area contributed by atoms with Crippen molar-refractivity contribution in [2.75, 3.05) is 39.5 Å². The molecule has 0 aromatic carbocycles. The van der Waals surface area contributed by atoms with Gasteiger partial charge < -0.3 is 30.2 Å². The summed E-state index contributed by atoms with van der Waals surface area (Å²) in [6.45, 7) is 6.42. The van der Waals surface area contributed by atoms with E-state index in [2.05, 4.69) is 32.2 Å². The number of nitrogen functional groups attached to an aromatic ring is 1. The zero-order chi connectivity index (χ0) is 19.2. The number of rotatable bonds is 6. The number of hydrogen-bond donors (Lipinski definition) is 2. The Kier molecular flexibility index (Phi) is 4.77. The molecule has 148 valence electrons. The van der Waals surface area contributed by atoms with Crippen molar-refractivity contribution in [1.29, 1.82) is 0 Å². The van der Waals surface area contributed by atoms with Gasteiger partial charge in [0.1, 0.15) is 30.2 Å². The van der Waals surface area contributed by atoms with Crippen molar-refractivity contribution >= 4 is 17.0 Å². The second kappa shape index (κ2) is 6.95. The highest BCUT2D eigenvalue weighted by Crippen LogP contribution is 2.43. The summed E-state index contributed by atoms with van der Waals surface area (Å²) in [6.07, 6.45) is 2.18. The van der Waals surface area contributed by atoms with Crippen LogP contribution in [0.4, 0.5) is 5.82 Å². The molecule has 2 aromatic heterocycles. The van der Waals surface area contributed by atoms with Crippen LogP contribution < -0.4 is 11.1 Å². The molecule has 0 aliphatic carbocycles. The molecule has 0 radical (unpaired) electrons. The molecule has 0 bridgehead atoms. The predicted octanol–water partition coefficient (Wildman–Crippen LogP) is -0.0228. The molecule has 27 heavy (non-hydrogen) atoms. The van der Waals surface area contributed by atoms with E-state index in [1.54, 1.807) is 6.33 Å². The molecule has 4 heterocycles. The lowest BCUT2D eigenvalue weighted by atomic mass is 10.1. The fraction of sp³-hybridized carbons (Fsp3) is 0.706. The van der Waals surface area contributed by atoms with E-state index in [0.29, 0.717) is 17.0 Å². The van der Waals surface area contributed by atoms with Gasteiger partial charge in [0.25, 0.3) is 0 Å². The monoisotopic (exact) mass is 377 g/mol. The summed E-state index contributed by atoms with van der Waals surface area (Å²) in [7, 11) is 4.02. The van der Waals surface area contributed by atoms with Gasteiger partial charge in [-0.25, -0.2) is 15.0 Å². The van der Waals surface area contributed by atoms with Crippen LogP contribution in [0.15, 0.2) is 12.7 Å². The van der Waals surface area contributed by atoms with Crippen LogP contribution in [-0.4, -0.2) is 82.2 Å². The van der Waals surface area contributed by atoms with Crippen LogP contribution in [0.25, 0.3) is 11.2 Å². The first kappa shape index (κ1) is 18.5. The molecular weight excluding hydrogens is 350 g/mol.